The fourth-order valence-electron chi connectivity index (χ4n) is 6.92. The lowest BCUT2D eigenvalue weighted by molar-refractivity contribution is -0.161. The third-order valence-corrected chi connectivity index (χ3v) is 12.2. The van der Waals surface area contributed by atoms with Gasteiger partial charge in [0.25, 0.3) is 0 Å². The highest BCUT2D eigenvalue weighted by Crippen LogP contribution is 2.43. The van der Waals surface area contributed by atoms with Gasteiger partial charge < -0.3 is 24.2 Å². The van der Waals surface area contributed by atoms with Crippen LogP contribution in [0.3, 0.4) is 0 Å². The van der Waals surface area contributed by atoms with E-state index < -0.39 is 57.8 Å². The van der Waals surface area contributed by atoms with Crippen molar-refractivity contribution in [3.63, 3.8) is 0 Å². The highest BCUT2D eigenvalue weighted by atomic mass is 31.2. The molecule has 0 aliphatic carbocycles. The summed E-state index contributed by atoms with van der Waals surface area (Å²) in [7, 11) is -4.78. The first-order valence-corrected chi connectivity index (χ1v) is 30.2. The van der Waals surface area contributed by atoms with Crippen molar-refractivity contribution in [3.05, 3.63) is 146 Å². The maximum absolute atomic E-state index is 12.9. The first kappa shape index (κ1) is 71.4. The number of aliphatic hydroxyl groups excluding tert-OH is 1. The number of phosphoric acid groups is 1. The zero-order valence-electron chi connectivity index (χ0n) is 47.2. The highest BCUT2D eigenvalue weighted by molar-refractivity contribution is 7.47. The average molecular weight is 1080 g/mol. The van der Waals surface area contributed by atoms with E-state index in [1.807, 2.05) is 6.08 Å². The molecule has 12 heteroatoms. The van der Waals surface area contributed by atoms with E-state index >= 15 is 0 Å². The smallest absolute Gasteiger partial charge is 0.462 e. The molecule has 0 amide bonds. The summed E-state index contributed by atoms with van der Waals surface area (Å²) in [4.78, 5) is 48.5. The molecule has 0 heterocycles. The molecule has 3 unspecified atom stereocenters. The molecule has 428 valence electrons. The molecule has 3 atom stereocenters. The van der Waals surface area contributed by atoms with Crippen LogP contribution in [-0.4, -0.2) is 66.5 Å². The second kappa shape index (κ2) is 56.6. The number of allylic oxidation sites excluding steroid dienone is 24. The van der Waals surface area contributed by atoms with Crippen LogP contribution in [0.5, 0.6) is 0 Å². The number of phosphoric ester groups is 1. The van der Waals surface area contributed by atoms with Gasteiger partial charge in [-0.15, -0.1) is 0 Å². The van der Waals surface area contributed by atoms with E-state index in [4.69, 9.17) is 23.3 Å². The van der Waals surface area contributed by atoms with E-state index in [0.717, 1.165) is 135 Å². The number of aliphatic hydroxyl groups is 1. The van der Waals surface area contributed by atoms with Gasteiger partial charge in [0.2, 0.25) is 0 Å². The van der Waals surface area contributed by atoms with Crippen LogP contribution in [0.15, 0.2) is 146 Å². The van der Waals surface area contributed by atoms with Crippen molar-refractivity contribution in [2.45, 2.75) is 213 Å². The molecule has 0 aromatic rings. The van der Waals surface area contributed by atoms with E-state index in [9.17, 15) is 28.9 Å². The van der Waals surface area contributed by atoms with Crippen LogP contribution in [0.2, 0.25) is 0 Å². The van der Waals surface area contributed by atoms with E-state index in [-0.39, 0.29) is 25.9 Å². The van der Waals surface area contributed by atoms with Gasteiger partial charge in [-0.05, 0) is 128 Å². The summed E-state index contributed by atoms with van der Waals surface area (Å²) in [5.41, 5.74) is 0. The molecule has 0 bridgehead atoms. The third-order valence-electron chi connectivity index (χ3n) is 11.2. The molecule has 76 heavy (non-hydrogen) atoms. The standard InChI is InChI=1S/C64H101O11P/c1-4-7-10-13-16-19-22-25-27-29-30-32-34-37-40-43-46-49-52-55-64(68)75-61(57-71-62(66)53-50-47-44-41-38-36-33-31-28-26-23-20-17-14-11-8-5-2)59-73-76(69,70)72-58-60(56-65)74-63(67)54-51-48-45-42-39-35-24-21-18-15-12-9-6-3/h7-8,10-12,15-17,19-21,24-28,30,32-33,36-37,40-41,44,60-61,65H,4-6,9,13-14,18,22-23,29,31,34-35,38-39,42-43,45-59H2,1-3H3,(H,69,70)/b10-7-,11-8-,15-12-,19-16-,20-17-,24-21-,27-25-,28-26-,32-30-,36-33-,40-37-,44-41-. The molecule has 0 spiro atoms. The van der Waals surface area contributed by atoms with Gasteiger partial charge in [-0.25, -0.2) is 4.57 Å². The van der Waals surface area contributed by atoms with Gasteiger partial charge in [-0.2, -0.15) is 0 Å². The van der Waals surface area contributed by atoms with Gasteiger partial charge in [-0.3, -0.25) is 23.4 Å². The number of esters is 3. The minimum atomic E-state index is -4.78. The van der Waals surface area contributed by atoms with Crippen molar-refractivity contribution < 1.29 is 52.2 Å². The molecular formula is C64H101O11P. The number of rotatable bonds is 51. The van der Waals surface area contributed by atoms with Crippen LogP contribution in [0.1, 0.15) is 201 Å². The number of unbranched alkanes of at least 4 members (excludes halogenated alkanes) is 10. The fourth-order valence-corrected chi connectivity index (χ4v) is 7.71. The maximum atomic E-state index is 12.9. The molecule has 0 aromatic heterocycles. The average Bonchev–Trinajstić information content (AvgIpc) is 3.41. The summed E-state index contributed by atoms with van der Waals surface area (Å²) in [6.07, 6.45) is 72.4. The van der Waals surface area contributed by atoms with Crippen LogP contribution in [0, 0.1) is 0 Å². The first-order valence-electron chi connectivity index (χ1n) is 28.7. The van der Waals surface area contributed by atoms with Gasteiger partial charge >= 0.3 is 25.7 Å². The fraction of sp³-hybridized carbons (Fsp3) is 0.578. The van der Waals surface area contributed by atoms with Crippen LogP contribution in [-0.2, 0) is 42.2 Å². The summed E-state index contributed by atoms with van der Waals surface area (Å²) in [5, 5.41) is 9.81. The van der Waals surface area contributed by atoms with Crippen molar-refractivity contribution in [2.75, 3.05) is 26.4 Å². The maximum Gasteiger partial charge on any atom is 0.472 e. The zero-order chi connectivity index (χ0) is 55.5. The van der Waals surface area contributed by atoms with E-state index in [0.29, 0.717) is 25.7 Å². The van der Waals surface area contributed by atoms with Crippen molar-refractivity contribution in [3.8, 4) is 0 Å². The van der Waals surface area contributed by atoms with Crippen molar-refractivity contribution in [1.82, 2.24) is 0 Å². The summed E-state index contributed by atoms with van der Waals surface area (Å²) >= 11 is 0. The Morgan fingerprint density at radius 2 is 0.697 bits per heavy atom. The summed E-state index contributed by atoms with van der Waals surface area (Å²) in [5.74, 6) is -1.61. The molecule has 0 aliphatic rings. The Bertz CT molecular complexity index is 1830. The Kier molecular flexibility index (Phi) is 53.1. The highest BCUT2D eigenvalue weighted by Gasteiger charge is 2.28. The van der Waals surface area contributed by atoms with Gasteiger partial charge in [0.05, 0.1) is 19.8 Å². The van der Waals surface area contributed by atoms with Crippen LogP contribution in [0.4, 0.5) is 0 Å². The molecule has 0 fully saturated rings. The van der Waals surface area contributed by atoms with Gasteiger partial charge in [0.1, 0.15) is 12.7 Å². The summed E-state index contributed by atoms with van der Waals surface area (Å²) in [6.45, 7) is 4.20. The molecular weight excluding hydrogens is 976 g/mol. The molecule has 0 aliphatic heterocycles. The molecule has 0 aromatic carbocycles. The predicted octanol–water partition coefficient (Wildman–Crippen LogP) is 17.1. The van der Waals surface area contributed by atoms with Crippen LogP contribution < -0.4 is 0 Å². The van der Waals surface area contributed by atoms with Gasteiger partial charge in [-0.1, -0.05) is 199 Å². The predicted molar refractivity (Wildman–Crippen MR) is 316 cm³/mol. The van der Waals surface area contributed by atoms with E-state index in [2.05, 4.69) is 161 Å². The summed E-state index contributed by atoms with van der Waals surface area (Å²) < 4.78 is 39.4. The number of ether oxygens (including phenoxy) is 3. The van der Waals surface area contributed by atoms with Crippen LogP contribution >= 0.6 is 7.82 Å². The molecule has 0 saturated heterocycles. The lowest BCUT2D eigenvalue weighted by Gasteiger charge is -2.21. The monoisotopic (exact) mass is 1080 g/mol. The number of carbonyl (C=O) groups excluding carboxylic acids is 3. The molecule has 2 N–H and O–H groups in total. The minimum Gasteiger partial charge on any atom is -0.462 e. The second-order valence-corrected chi connectivity index (χ2v) is 19.8. The first-order chi connectivity index (χ1) is 37.2. The normalized spacial score (nSPS) is 14.4. The molecule has 0 radical (unpaired) electrons. The Morgan fingerprint density at radius 1 is 0.382 bits per heavy atom. The largest absolute Gasteiger partial charge is 0.472 e. The van der Waals surface area contributed by atoms with Gasteiger partial charge in [0.15, 0.2) is 6.10 Å². The van der Waals surface area contributed by atoms with Crippen molar-refractivity contribution in [2.24, 2.45) is 0 Å². The Labute approximate surface area is 461 Å². The lowest BCUT2D eigenvalue weighted by atomic mass is 10.1. The zero-order valence-corrected chi connectivity index (χ0v) is 48.0. The number of hydrogen-bond donors (Lipinski definition) is 2. The van der Waals surface area contributed by atoms with E-state index in [1.165, 1.54) is 0 Å². The van der Waals surface area contributed by atoms with Crippen molar-refractivity contribution in [1.29, 1.82) is 0 Å². The number of hydrogen-bond acceptors (Lipinski definition) is 10. The topological polar surface area (TPSA) is 155 Å². The van der Waals surface area contributed by atoms with Gasteiger partial charge in [0, 0.05) is 19.3 Å². The number of carbonyl (C=O) groups is 3. The molecule has 0 rings (SSSR count). The minimum absolute atomic E-state index is 0.106. The Balaban J connectivity index is 4.92. The summed E-state index contributed by atoms with van der Waals surface area (Å²) in [6, 6.07) is 0. The third kappa shape index (κ3) is 54.2. The quantitative estimate of drug-likeness (QED) is 0.0197. The molecule has 0 saturated carbocycles. The van der Waals surface area contributed by atoms with Crippen molar-refractivity contribution >= 4 is 25.7 Å². The lowest BCUT2D eigenvalue weighted by Crippen LogP contribution is -2.30. The second-order valence-electron chi connectivity index (χ2n) is 18.3. The van der Waals surface area contributed by atoms with Crippen LogP contribution in [0.25, 0.3) is 0 Å². The molecule has 11 nitrogen and oxygen atoms in total. The Morgan fingerprint density at radius 3 is 1.11 bits per heavy atom. The van der Waals surface area contributed by atoms with E-state index in [1.54, 1.807) is 0 Å². The SMILES string of the molecule is CC/C=C\C/C=C\C/C=C\C/C=C\C/C=C\CCCCCC(=O)OC(COC(=O)CCC/C=C\C/C=C\C/C=C\C/C=C\C/C=C\CC)COP(=O)(O)OCC(CO)OC(=O)CCCCCCC/C=C\C/C=C\CCC. The Hall–Kier alpha value is -4.64.